The molecule has 0 saturated heterocycles. The molecule has 0 radical (unpaired) electrons. The summed E-state index contributed by atoms with van der Waals surface area (Å²) < 4.78 is 23.3. The molecule has 0 unspecified atom stereocenters. The van der Waals surface area contributed by atoms with Crippen molar-refractivity contribution in [2.24, 2.45) is 0 Å². The number of sulfone groups is 1. The quantitative estimate of drug-likeness (QED) is 0.719. The van der Waals surface area contributed by atoms with Gasteiger partial charge in [-0.15, -0.1) is 0 Å². The minimum absolute atomic E-state index is 0.240. The minimum Gasteiger partial charge on any atom is -0.396 e. The van der Waals surface area contributed by atoms with Gasteiger partial charge < -0.3 is 5.73 Å². The van der Waals surface area contributed by atoms with Gasteiger partial charge in [-0.1, -0.05) is 0 Å². The molecule has 0 aliphatic rings. The number of rotatable bonds is 5. The van der Waals surface area contributed by atoms with Crippen molar-refractivity contribution in [2.75, 3.05) is 17.7 Å². The largest absolute Gasteiger partial charge is 0.396 e. The summed E-state index contributed by atoms with van der Waals surface area (Å²) in [7, 11) is -2.83. The number of unbranched alkanes of at least 4 members (excludes halogenated alkanes) is 1. The molecule has 0 aromatic carbocycles. The summed E-state index contributed by atoms with van der Waals surface area (Å²) in [4.78, 5) is 0. The summed E-state index contributed by atoms with van der Waals surface area (Å²) in [6, 6.07) is 0. The Morgan fingerprint density at radius 1 is 1.50 bits per heavy atom. The van der Waals surface area contributed by atoms with Crippen molar-refractivity contribution in [3.8, 4) is 0 Å². The van der Waals surface area contributed by atoms with Gasteiger partial charge in [0.25, 0.3) is 0 Å². The van der Waals surface area contributed by atoms with Gasteiger partial charge in [-0.25, -0.2) is 8.42 Å². The first kappa shape index (κ1) is 11.0. The maximum absolute atomic E-state index is 10.8. The van der Waals surface area contributed by atoms with Gasteiger partial charge in [0, 0.05) is 24.8 Å². The van der Waals surface area contributed by atoms with Crippen LogP contribution in [-0.4, -0.2) is 30.2 Å². The summed E-state index contributed by atoms with van der Waals surface area (Å²) in [5.74, 6) is 0.240. The fourth-order valence-corrected chi connectivity index (χ4v) is 1.87. The van der Waals surface area contributed by atoms with Crippen LogP contribution >= 0.6 is 0 Å². The maximum Gasteiger partial charge on any atom is 0.147 e. The van der Waals surface area contributed by atoms with Crippen LogP contribution in [0.25, 0.3) is 0 Å². The van der Waals surface area contributed by atoms with E-state index in [1.54, 1.807) is 17.1 Å². The van der Waals surface area contributed by atoms with Crippen molar-refractivity contribution < 1.29 is 8.42 Å². The van der Waals surface area contributed by atoms with Crippen LogP contribution in [-0.2, 0) is 16.4 Å². The van der Waals surface area contributed by atoms with Crippen LogP contribution in [0.3, 0.4) is 0 Å². The number of nitrogens with two attached hydrogens (primary N) is 1. The molecular formula is C8H15N3O2S. The van der Waals surface area contributed by atoms with Crippen molar-refractivity contribution >= 4 is 15.5 Å². The normalized spacial score (nSPS) is 11.8. The predicted molar refractivity (Wildman–Crippen MR) is 55.6 cm³/mol. The second-order valence-electron chi connectivity index (χ2n) is 3.37. The number of hydrogen-bond donors (Lipinski definition) is 1. The summed E-state index contributed by atoms with van der Waals surface area (Å²) in [5.41, 5.74) is 6.11. The van der Waals surface area contributed by atoms with Gasteiger partial charge in [0.1, 0.15) is 9.84 Å². The molecule has 0 spiro atoms. The summed E-state index contributed by atoms with van der Waals surface area (Å²) in [5, 5.41) is 3.99. The van der Waals surface area contributed by atoms with E-state index in [9.17, 15) is 8.42 Å². The number of nitrogens with zero attached hydrogens (tertiary/aromatic N) is 2. The lowest BCUT2D eigenvalue weighted by atomic mass is 10.3. The molecular weight excluding hydrogens is 202 g/mol. The molecule has 0 atom stereocenters. The van der Waals surface area contributed by atoms with Gasteiger partial charge in [-0.05, 0) is 12.8 Å². The first-order valence-electron chi connectivity index (χ1n) is 4.43. The monoisotopic (exact) mass is 217 g/mol. The van der Waals surface area contributed by atoms with Gasteiger partial charge in [0.15, 0.2) is 0 Å². The zero-order chi connectivity index (χ0) is 10.6. The Morgan fingerprint density at radius 3 is 2.71 bits per heavy atom. The molecule has 1 heterocycles. The van der Waals surface area contributed by atoms with Gasteiger partial charge in [0.05, 0.1) is 11.9 Å². The maximum atomic E-state index is 10.8. The molecule has 14 heavy (non-hydrogen) atoms. The number of anilines is 1. The minimum atomic E-state index is -2.83. The van der Waals surface area contributed by atoms with E-state index < -0.39 is 9.84 Å². The molecule has 0 aliphatic carbocycles. The number of nitrogen functional groups attached to an aromatic ring is 1. The third-order valence-electron chi connectivity index (χ3n) is 1.81. The molecule has 1 rings (SSSR count). The van der Waals surface area contributed by atoms with E-state index in [1.165, 1.54) is 6.26 Å². The Labute approximate surface area is 83.8 Å². The Morgan fingerprint density at radius 2 is 2.21 bits per heavy atom. The average Bonchev–Trinajstić information content (AvgIpc) is 2.44. The lowest BCUT2D eigenvalue weighted by Gasteiger charge is -2.00. The summed E-state index contributed by atoms with van der Waals surface area (Å²) in [6.07, 6.45) is 6.03. The molecule has 80 valence electrons. The number of aromatic nitrogens is 2. The highest BCUT2D eigenvalue weighted by Gasteiger charge is 2.01. The van der Waals surface area contributed by atoms with Crippen molar-refractivity contribution in [3.63, 3.8) is 0 Å². The van der Waals surface area contributed by atoms with Crippen LogP contribution in [0.1, 0.15) is 12.8 Å². The fraction of sp³-hybridized carbons (Fsp3) is 0.625. The van der Waals surface area contributed by atoms with Crippen LogP contribution in [0, 0.1) is 0 Å². The number of hydrogen-bond acceptors (Lipinski definition) is 4. The smallest absolute Gasteiger partial charge is 0.147 e. The Bertz CT molecular complexity index is 383. The van der Waals surface area contributed by atoms with Crippen LogP contribution in [0.5, 0.6) is 0 Å². The Kier molecular flexibility index (Phi) is 3.51. The first-order valence-corrected chi connectivity index (χ1v) is 6.49. The second kappa shape index (κ2) is 4.45. The summed E-state index contributed by atoms with van der Waals surface area (Å²) in [6.45, 7) is 0.715. The van der Waals surface area contributed by atoms with E-state index in [0.29, 0.717) is 18.7 Å². The third-order valence-corrected chi connectivity index (χ3v) is 2.84. The van der Waals surface area contributed by atoms with Gasteiger partial charge >= 0.3 is 0 Å². The molecule has 5 nitrogen and oxygen atoms in total. The fourth-order valence-electron chi connectivity index (χ4n) is 1.14. The zero-order valence-corrected chi connectivity index (χ0v) is 9.00. The van der Waals surface area contributed by atoms with Gasteiger partial charge in [-0.2, -0.15) is 5.10 Å². The summed E-state index contributed by atoms with van der Waals surface area (Å²) >= 11 is 0. The van der Waals surface area contributed by atoms with Crippen LogP contribution < -0.4 is 5.73 Å². The molecule has 0 amide bonds. The van der Waals surface area contributed by atoms with E-state index >= 15 is 0 Å². The van der Waals surface area contributed by atoms with E-state index in [4.69, 9.17) is 5.73 Å². The Hall–Kier alpha value is -1.04. The van der Waals surface area contributed by atoms with Crippen molar-refractivity contribution in [3.05, 3.63) is 12.4 Å². The molecule has 0 fully saturated rings. The van der Waals surface area contributed by atoms with Crippen LogP contribution in [0.4, 0.5) is 5.69 Å². The molecule has 6 heteroatoms. The Balaban J connectivity index is 2.23. The van der Waals surface area contributed by atoms with E-state index in [2.05, 4.69) is 5.10 Å². The molecule has 1 aromatic heterocycles. The SMILES string of the molecule is CS(=O)(=O)CCCCn1cc(N)cn1. The van der Waals surface area contributed by atoms with Gasteiger partial charge in [-0.3, -0.25) is 4.68 Å². The highest BCUT2D eigenvalue weighted by molar-refractivity contribution is 7.90. The predicted octanol–water partition coefficient (Wildman–Crippen LogP) is 0.290. The standard InChI is InChI=1S/C8H15N3O2S/c1-14(12,13)5-3-2-4-11-7-8(9)6-10-11/h6-7H,2-5,9H2,1H3. The molecule has 0 aliphatic heterocycles. The second-order valence-corrected chi connectivity index (χ2v) is 5.63. The van der Waals surface area contributed by atoms with E-state index in [1.807, 2.05) is 0 Å². The van der Waals surface area contributed by atoms with E-state index in [-0.39, 0.29) is 5.75 Å². The first-order chi connectivity index (χ1) is 6.47. The lowest BCUT2D eigenvalue weighted by molar-refractivity contribution is 0.562. The average molecular weight is 217 g/mol. The van der Waals surface area contributed by atoms with Crippen molar-refractivity contribution in [1.82, 2.24) is 9.78 Å². The topological polar surface area (TPSA) is 78.0 Å². The van der Waals surface area contributed by atoms with Gasteiger partial charge in [0.2, 0.25) is 0 Å². The molecule has 0 bridgehead atoms. The molecule has 1 aromatic rings. The lowest BCUT2D eigenvalue weighted by Crippen LogP contribution is -2.05. The number of aryl methyl sites for hydroxylation is 1. The van der Waals surface area contributed by atoms with Crippen LogP contribution in [0.15, 0.2) is 12.4 Å². The molecule has 2 N–H and O–H groups in total. The van der Waals surface area contributed by atoms with Crippen molar-refractivity contribution in [2.45, 2.75) is 19.4 Å². The third kappa shape index (κ3) is 4.27. The molecule has 0 saturated carbocycles. The van der Waals surface area contributed by atoms with Crippen molar-refractivity contribution in [1.29, 1.82) is 0 Å². The highest BCUT2D eigenvalue weighted by atomic mass is 32.2. The van der Waals surface area contributed by atoms with Crippen LogP contribution in [0.2, 0.25) is 0 Å². The van der Waals surface area contributed by atoms with E-state index in [0.717, 1.165) is 6.42 Å². The zero-order valence-electron chi connectivity index (χ0n) is 8.18. The highest BCUT2D eigenvalue weighted by Crippen LogP contribution is 2.01.